The largest absolute Gasteiger partial charge is 0.483 e. The Morgan fingerprint density at radius 1 is 1.03 bits per heavy atom. The van der Waals surface area contributed by atoms with Crippen LogP contribution in [0.2, 0.25) is 10.0 Å². The van der Waals surface area contributed by atoms with Crippen molar-refractivity contribution in [2.45, 2.75) is 59.0 Å². The van der Waals surface area contributed by atoms with Crippen LogP contribution < -0.4 is 10.1 Å². The van der Waals surface area contributed by atoms with Gasteiger partial charge in [-0.05, 0) is 42.5 Å². The number of amides is 2. The predicted molar refractivity (Wildman–Crippen MR) is 130 cm³/mol. The van der Waals surface area contributed by atoms with Gasteiger partial charge in [-0.3, -0.25) is 9.59 Å². The number of halogens is 2. The molecule has 0 saturated carbocycles. The standard InChI is InChI=1S/C25H32Cl2N2O3/c1-6-21(24(31)28-7-2)29(15-17-19(26)12-10-13-20(17)27)23(30)16-32-22-14-9-8-11-18(22)25(3,4)5/h8-14,21H,6-7,15-16H2,1-5H3,(H,28,31). The topological polar surface area (TPSA) is 58.6 Å². The summed E-state index contributed by atoms with van der Waals surface area (Å²) in [6, 6.07) is 12.2. The molecule has 0 aliphatic rings. The molecule has 2 amide bonds. The molecule has 0 bridgehead atoms. The molecular formula is C25H32Cl2N2O3. The number of ether oxygens (including phenoxy) is 1. The van der Waals surface area contributed by atoms with Crippen molar-refractivity contribution in [1.29, 1.82) is 0 Å². The summed E-state index contributed by atoms with van der Waals surface area (Å²) >= 11 is 12.7. The quantitative estimate of drug-likeness (QED) is 0.509. The second kappa shape index (κ2) is 11.6. The Hall–Kier alpha value is -2.24. The van der Waals surface area contributed by atoms with Crippen LogP contribution in [-0.2, 0) is 21.5 Å². The molecule has 32 heavy (non-hydrogen) atoms. The van der Waals surface area contributed by atoms with Crippen molar-refractivity contribution in [2.75, 3.05) is 13.2 Å². The van der Waals surface area contributed by atoms with Crippen LogP contribution in [0.5, 0.6) is 5.75 Å². The van der Waals surface area contributed by atoms with Gasteiger partial charge in [-0.15, -0.1) is 0 Å². The SMILES string of the molecule is CCNC(=O)C(CC)N(Cc1c(Cl)cccc1Cl)C(=O)COc1ccccc1C(C)(C)C. The summed E-state index contributed by atoms with van der Waals surface area (Å²) in [5.74, 6) is 0.111. The number of benzene rings is 2. The molecule has 0 aromatic heterocycles. The summed E-state index contributed by atoms with van der Waals surface area (Å²) in [4.78, 5) is 27.6. The molecular weight excluding hydrogens is 447 g/mol. The second-order valence-corrected chi connectivity index (χ2v) is 9.39. The average Bonchev–Trinajstić information content (AvgIpc) is 2.73. The number of hydrogen-bond donors (Lipinski definition) is 1. The molecule has 1 unspecified atom stereocenters. The van der Waals surface area contributed by atoms with Crippen LogP contribution in [-0.4, -0.2) is 35.9 Å². The summed E-state index contributed by atoms with van der Waals surface area (Å²) in [7, 11) is 0. The first-order valence-electron chi connectivity index (χ1n) is 10.8. The highest BCUT2D eigenvalue weighted by atomic mass is 35.5. The third kappa shape index (κ3) is 6.63. The first kappa shape index (κ1) is 26.0. The van der Waals surface area contributed by atoms with Gasteiger partial charge in [0.15, 0.2) is 6.61 Å². The Kier molecular flexibility index (Phi) is 9.41. The first-order valence-corrected chi connectivity index (χ1v) is 11.6. The smallest absolute Gasteiger partial charge is 0.261 e. The van der Waals surface area contributed by atoms with E-state index in [1.54, 1.807) is 18.2 Å². The number of nitrogens with zero attached hydrogens (tertiary/aromatic N) is 1. The van der Waals surface area contributed by atoms with Crippen LogP contribution in [0.15, 0.2) is 42.5 Å². The Morgan fingerprint density at radius 2 is 1.66 bits per heavy atom. The summed E-state index contributed by atoms with van der Waals surface area (Å²) in [5.41, 5.74) is 1.46. The van der Waals surface area contributed by atoms with Gasteiger partial charge < -0.3 is 15.0 Å². The van der Waals surface area contributed by atoms with Crippen molar-refractivity contribution in [3.8, 4) is 5.75 Å². The van der Waals surface area contributed by atoms with Crippen molar-refractivity contribution in [2.24, 2.45) is 0 Å². The molecule has 2 aromatic carbocycles. The molecule has 0 saturated heterocycles. The number of para-hydroxylation sites is 1. The fourth-order valence-corrected chi connectivity index (χ4v) is 4.02. The third-order valence-corrected chi connectivity index (χ3v) is 5.88. The van der Waals surface area contributed by atoms with Crippen LogP contribution >= 0.6 is 23.2 Å². The van der Waals surface area contributed by atoms with Gasteiger partial charge in [-0.2, -0.15) is 0 Å². The van der Waals surface area contributed by atoms with Crippen LogP contribution in [0.4, 0.5) is 0 Å². The van der Waals surface area contributed by atoms with Gasteiger partial charge in [-0.1, -0.05) is 75.2 Å². The first-order chi connectivity index (χ1) is 15.1. The fraction of sp³-hybridized carbons (Fsp3) is 0.440. The van der Waals surface area contributed by atoms with E-state index in [2.05, 4.69) is 26.1 Å². The minimum Gasteiger partial charge on any atom is -0.483 e. The second-order valence-electron chi connectivity index (χ2n) is 8.58. The van der Waals surface area contributed by atoms with E-state index in [0.717, 1.165) is 5.56 Å². The summed E-state index contributed by atoms with van der Waals surface area (Å²) < 4.78 is 5.95. The van der Waals surface area contributed by atoms with Crippen LogP contribution in [0.1, 0.15) is 52.2 Å². The minimum absolute atomic E-state index is 0.108. The van der Waals surface area contributed by atoms with Gasteiger partial charge in [0.2, 0.25) is 5.91 Å². The van der Waals surface area contributed by atoms with Crippen molar-refractivity contribution in [3.63, 3.8) is 0 Å². The van der Waals surface area contributed by atoms with E-state index >= 15 is 0 Å². The van der Waals surface area contributed by atoms with E-state index in [9.17, 15) is 9.59 Å². The Balaban J connectivity index is 2.33. The highest BCUT2D eigenvalue weighted by Gasteiger charge is 2.30. The molecule has 0 fully saturated rings. The maximum absolute atomic E-state index is 13.3. The number of likely N-dealkylation sites (N-methyl/N-ethyl adjacent to an activating group) is 1. The average molecular weight is 479 g/mol. The Labute approximate surface area is 201 Å². The van der Waals surface area contributed by atoms with Gasteiger partial charge in [0.1, 0.15) is 11.8 Å². The zero-order valence-electron chi connectivity index (χ0n) is 19.4. The van der Waals surface area contributed by atoms with Crippen molar-refractivity contribution < 1.29 is 14.3 Å². The lowest BCUT2D eigenvalue weighted by molar-refractivity contribution is -0.142. The highest BCUT2D eigenvalue weighted by Crippen LogP contribution is 2.31. The van der Waals surface area contributed by atoms with E-state index in [1.807, 2.05) is 38.1 Å². The lowest BCUT2D eigenvalue weighted by Gasteiger charge is -2.31. The van der Waals surface area contributed by atoms with Gasteiger partial charge in [0.05, 0.1) is 0 Å². The molecule has 0 radical (unpaired) electrons. The molecule has 0 heterocycles. The number of carbonyl (C=O) groups excluding carboxylic acids is 2. The predicted octanol–water partition coefficient (Wildman–Crippen LogP) is 5.61. The van der Waals surface area contributed by atoms with E-state index < -0.39 is 6.04 Å². The van der Waals surface area contributed by atoms with E-state index in [4.69, 9.17) is 27.9 Å². The molecule has 0 aliphatic carbocycles. The van der Waals surface area contributed by atoms with Crippen LogP contribution in [0.3, 0.4) is 0 Å². The zero-order valence-corrected chi connectivity index (χ0v) is 20.9. The molecule has 2 aromatic rings. The summed E-state index contributed by atoms with van der Waals surface area (Å²) in [6.45, 7) is 10.3. The molecule has 5 nitrogen and oxygen atoms in total. The maximum atomic E-state index is 13.3. The van der Waals surface area contributed by atoms with E-state index in [-0.39, 0.29) is 30.4 Å². The van der Waals surface area contributed by atoms with Gasteiger partial charge in [0.25, 0.3) is 5.91 Å². The molecule has 0 aliphatic heterocycles. The molecule has 1 N–H and O–H groups in total. The van der Waals surface area contributed by atoms with Gasteiger partial charge in [0, 0.05) is 28.7 Å². The number of carbonyl (C=O) groups is 2. The van der Waals surface area contributed by atoms with Gasteiger partial charge >= 0.3 is 0 Å². The number of hydrogen-bond acceptors (Lipinski definition) is 3. The fourth-order valence-electron chi connectivity index (χ4n) is 3.50. The highest BCUT2D eigenvalue weighted by molar-refractivity contribution is 6.36. The zero-order chi connectivity index (χ0) is 23.9. The van der Waals surface area contributed by atoms with Crippen LogP contribution in [0, 0.1) is 0 Å². The molecule has 2 rings (SSSR count). The molecule has 174 valence electrons. The maximum Gasteiger partial charge on any atom is 0.261 e. The van der Waals surface area contributed by atoms with Crippen molar-refractivity contribution in [1.82, 2.24) is 10.2 Å². The van der Waals surface area contributed by atoms with Crippen molar-refractivity contribution in [3.05, 3.63) is 63.6 Å². The van der Waals surface area contributed by atoms with Gasteiger partial charge in [-0.25, -0.2) is 0 Å². The summed E-state index contributed by atoms with van der Waals surface area (Å²) in [6.07, 6.45) is 0.443. The molecule has 0 spiro atoms. The number of rotatable bonds is 9. The molecule has 1 atom stereocenters. The monoisotopic (exact) mass is 478 g/mol. The number of nitrogens with one attached hydrogen (secondary N) is 1. The minimum atomic E-state index is -0.670. The van der Waals surface area contributed by atoms with E-state index in [1.165, 1.54) is 4.90 Å². The Morgan fingerprint density at radius 3 is 2.22 bits per heavy atom. The van der Waals surface area contributed by atoms with E-state index in [0.29, 0.717) is 34.3 Å². The summed E-state index contributed by atoms with van der Waals surface area (Å²) in [5, 5.41) is 3.70. The lowest BCUT2D eigenvalue weighted by Crippen LogP contribution is -2.50. The third-order valence-electron chi connectivity index (χ3n) is 5.17. The molecule has 7 heteroatoms. The van der Waals surface area contributed by atoms with Crippen LogP contribution in [0.25, 0.3) is 0 Å². The van der Waals surface area contributed by atoms with Crippen molar-refractivity contribution >= 4 is 35.0 Å². The lowest BCUT2D eigenvalue weighted by atomic mass is 9.86. The Bertz CT molecular complexity index is 921. The normalized spacial score (nSPS) is 12.2.